The maximum atomic E-state index is 9.69. The summed E-state index contributed by atoms with van der Waals surface area (Å²) in [6.45, 7) is 2.45. The molecule has 0 saturated carbocycles. The molecule has 6 N–H and O–H groups in total. The van der Waals surface area contributed by atoms with Crippen molar-refractivity contribution in [1.29, 1.82) is 0 Å². The summed E-state index contributed by atoms with van der Waals surface area (Å²) in [7, 11) is 0. The van der Waals surface area contributed by atoms with E-state index in [9.17, 15) is 20.4 Å². The standard InChI is InChI=1S/C16H35NO5/c1-2-3-4-5-6-7-8-9-10-17-11-13(19)15(21)16(22)14(20)12-18/h13-22H,2-12H2,1H3. The van der Waals surface area contributed by atoms with Gasteiger partial charge in [0.05, 0.1) is 12.7 Å². The van der Waals surface area contributed by atoms with Gasteiger partial charge in [-0.1, -0.05) is 51.9 Å². The van der Waals surface area contributed by atoms with E-state index in [-0.39, 0.29) is 6.54 Å². The Morgan fingerprint density at radius 1 is 0.727 bits per heavy atom. The van der Waals surface area contributed by atoms with Crippen molar-refractivity contribution in [2.24, 2.45) is 0 Å². The first-order chi connectivity index (χ1) is 10.5. The van der Waals surface area contributed by atoms with Crippen LogP contribution in [0.2, 0.25) is 0 Å². The van der Waals surface area contributed by atoms with Gasteiger partial charge in [-0.25, -0.2) is 0 Å². The zero-order chi connectivity index (χ0) is 16.8. The molecule has 0 bridgehead atoms. The zero-order valence-corrected chi connectivity index (χ0v) is 13.8. The third-order valence-corrected chi connectivity index (χ3v) is 3.89. The molecule has 134 valence electrons. The minimum absolute atomic E-state index is 0.146. The van der Waals surface area contributed by atoms with E-state index in [1.165, 1.54) is 38.5 Å². The van der Waals surface area contributed by atoms with Crippen LogP contribution in [0.25, 0.3) is 0 Å². The first-order valence-electron chi connectivity index (χ1n) is 8.58. The topological polar surface area (TPSA) is 113 Å². The highest BCUT2D eigenvalue weighted by Crippen LogP contribution is 2.08. The van der Waals surface area contributed by atoms with Crippen LogP contribution in [0, 0.1) is 0 Å². The first-order valence-corrected chi connectivity index (χ1v) is 8.58. The Labute approximate surface area is 134 Å². The third kappa shape index (κ3) is 10.5. The summed E-state index contributed by atoms with van der Waals surface area (Å²) in [6, 6.07) is 0. The van der Waals surface area contributed by atoms with Crippen LogP contribution in [0.4, 0.5) is 0 Å². The summed E-state index contributed by atoms with van der Waals surface area (Å²) >= 11 is 0. The summed E-state index contributed by atoms with van der Waals surface area (Å²) in [6.07, 6.45) is 4.20. The zero-order valence-electron chi connectivity index (χ0n) is 13.8. The molecule has 0 aromatic carbocycles. The molecular formula is C16H35NO5. The molecule has 0 aliphatic carbocycles. The van der Waals surface area contributed by atoms with Crippen LogP contribution in [0.1, 0.15) is 58.3 Å². The smallest absolute Gasteiger partial charge is 0.111 e. The largest absolute Gasteiger partial charge is 0.394 e. The van der Waals surface area contributed by atoms with Gasteiger partial charge in [0.1, 0.15) is 18.3 Å². The van der Waals surface area contributed by atoms with Crippen LogP contribution in [0.5, 0.6) is 0 Å². The monoisotopic (exact) mass is 321 g/mol. The summed E-state index contributed by atoms with van der Waals surface area (Å²) in [5.41, 5.74) is 0. The minimum atomic E-state index is -1.55. The molecule has 0 aromatic rings. The van der Waals surface area contributed by atoms with Gasteiger partial charge in [0.2, 0.25) is 0 Å². The Morgan fingerprint density at radius 3 is 1.77 bits per heavy atom. The quantitative estimate of drug-likeness (QED) is 0.239. The Bertz CT molecular complexity index is 243. The molecule has 0 amide bonds. The second kappa shape index (κ2) is 14.4. The molecule has 4 unspecified atom stereocenters. The highest BCUT2D eigenvalue weighted by molar-refractivity contribution is 4.81. The number of unbranched alkanes of at least 4 members (excludes halogenated alkanes) is 7. The second-order valence-corrected chi connectivity index (χ2v) is 5.98. The molecule has 0 radical (unpaired) electrons. The van der Waals surface area contributed by atoms with Gasteiger partial charge in [-0.3, -0.25) is 0 Å². The molecule has 4 atom stereocenters. The normalized spacial score (nSPS) is 17.2. The number of hydrogen-bond acceptors (Lipinski definition) is 6. The lowest BCUT2D eigenvalue weighted by molar-refractivity contribution is -0.113. The number of nitrogens with one attached hydrogen (secondary N) is 1. The summed E-state index contributed by atoms with van der Waals surface area (Å²) in [5, 5.41) is 49.7. The van der Waals surface area contributed by atoms with Crippen molar-refractivity contribution in [3.8, 4) is 0 Å². The maximum Gasteiger partial charge on any atom is 0.111 e. The molecule has 6 heteroatoms. The van der Waals surface area contributed by atoms with Crippen LogP contribution in [0.3, 0.4) is 0 Å². The van der Waals surface area contributed by atoms with Gasteiger partial charge in [0.15, 0.2) is 0 Å². The van der Waals surface area contributed by atoms with Crippen LogP contribution < -0.4 is 5.32 Å². The summed E-state index contributed by atoms with van der Waals surface area (Å²) < 4.78 is 0. The fourth-order valence-corrected chi connectivity index (χ4v) is 2.32. The molecule has 22 heavy (non-hydrogen) atoms. The van der Waals surface area contributed by atoms with Crippen LogP contribution in [-0.2, 0) is 0 Å². The van der Waals surface area contributed by atoms with Gasteiger partial charge in [0, 0.05) is 6.54 Å². The minimum Gasteiger partial charge on any atom is -0.394 e. The molecule has 0 fully saturated rings. The fourth-order valence-electron chi connectivity index (χ4n) is 2.32. The van der Waals surface area contributed by atoms with Crippen LogP contribution >= 0.6 is 0 Å². The molecule has 0 rings (SSSR count). The van der Waals surface area contributed by atoms with Crippen molar-refractivity contribution in [1.82, 2.24) is 5.32 Å². The van der Waals surface area contributed by atoms with Crippen LogP contribution in [0.15, 0.2) is 0 Å². The average Bonchev–Trinajstić information content (AvgIpc) is 2.54. The molecule has 0 saturated heterocycles. The lowest BCUT2D eigenvalue weighted by atomic mass is 10.0. The average molecular weight is 321 g/mol. The molecular weight excluding hydrogens is 286 g/mol. The number of aliphatic hydroxyl groups excluding tert-OH is 5. The van der Waals surface area contributed by atoms with Gasteiger partial charge in [-0.05, 0) is 13.0 Å². The van der Waals surface area contributed by atoms with Crippen molar-refractivity contribution in [3.05, 3.63) is 0 Å². The number of aliphatic hydroxyl groups is 5. The SMILES string of the molecule is CCCCCCCCCCNCC(O)C(O)C(O)C(O)CO. The van der Waals surface area contributed by atoms with Crippen molar-refractivity contribution in [3.63, 3.8) is 0 Å². The highest BCUT2D eigenvalue weighted by atomic mass is 16.4. The summed E-state index contributed by atoms with van der Waals surface area (Å²) in [5.74, 6) is 0. The van der Waals surface area contributed by atoms with E-state index in [1.54, 1.807) is 0 Å². The number of hydrogen-bond donors (Lipinski definition) is 6. The predicted molar refractivity (Wildman–Crippen MR) is 86.6 cm³/mol. The fraction of sp³-hybridized carbons (Fsp3) is 1.00. The van der Waals surface area contributed by atoms with Gasteiger partial charge in [-0.2, -0.15) is 0 Å². The van der Waals surface area contributed by atoms with E-state index >= 15 is 0 Å². The molecule has 0 heterocycles. The molecule has 0 aliphatic rings. The lowest BCUT2D eigenvalue weighted by Crippen LogP contribution is -2.49. The van der Waals surface area contributed by atoms with E-state index < -0.39 is 31.0 Å². The summed E-state index contributed by atoms with van der Waals surface area (Å²) in [4.78, 5) is 0. The third-order valence-electron chi connectivity index (χ3n) is 3.89. The Kier molecular flexibility index (Phi) is 14.2. The van der Waals surface area contributed by atoms with Crippen molar-refractivity contribution >= 4 is 0 Å². The van der Waals surface area contributed by atoms with Gasteiger partial charge in [0.25, 0.3) is 0 Å². The highest BCUT2D eigenvalue weighted by Gasteiger charge is 2.29. The van der Waals surface area contributed by atoms with Gasteiger partial charge >= 0.3 is 0 Å². The first kappa shape index (κ1) is 21.8. The van der Waals surface area contributed by atoms with Crippen LogP contribution in [-0.4, -0.2) is 69.6 Å². The van der Waals surface area contributed by atoms with Gasteiger partial charge in [-0.15, -0.1) is 0 Å². The Balaban J connectivity index is 3.50. The van der Waals surface area contributed by atoms with E-state index in [4.69, 9.17) is 5.11 Å². The van der Waals surface area contributed by atoms with E-state index in [0.717, 1.165) is 19.4 Å². The predicted octanol–water partition coefficient (Wildman–Crippen LogP) is 0.153. The maximum absolute atomic E-state index is 9.69. The molecule has 0 spiro atoms. The van der Waals surface area contributed by atoms with Crippen molar-refractivity contribution < 1.29 is 25.5 Å². The second-order valence-electron chi connectivity index (χ2n) is 5.98. The molecule has 0 aromatic heterocycles. The van der Waals surface area contributed by atoms with Crippen molar-refractivity contribution in [2.75, 3.05) is 19.7 Å². The molecule has 0 aliphatic heterocycles. The van der Waals surface area contributed by atoms with E-state index in [1.807, 2.05) is 0 Å². The van der Waals surface area contributed by atoms with Crippen molar-refractivity contribution in [2.45, 2.75) is 82.7 Å². The molecule has 6 nitrogen and oxygen atoms in total. The Morgan fingerprint density at radius 2 is 1.23 bits per heavy atom. The van der Waals surface area contributed by atoms with E-state index in [2.05, 4.69) is 12.2 Å². The number of rotatable bonds is 15. The van der Waals surface area contributed by atoms with Gasteiger partial charge < -0.3 is 30.8 Å². The van der Waals surface area contributed by atoms with E-state index in [0.29, 0.717) is 0 Å². The lowest BCUT2D eigenvalue weighted by Gasteiger charge is -2.25. The Hall–Kier alpha value is -0.240.